The lowest BCUT2D eigenvalue weighted by Gasteiger charge is -2.01. The standard InChI is InChI=1S/C13H14N4O/c1-17-12(8-9-15-17)16-13(18)7-4-10-2-5-11(14)6-3-10/h2-9H,14H2,1H3,(H,16,18)/b7-4+. The van der Waals surface area contributed by atoms with Gasteiger partial charge < -0.3 is 11.1 Å². The molecule has 0 saturated carbocycles. The van der Waals surface area contributed by atoms with Gasteiger partial charge in [0.15, 0.2) is 0 Å². The van der Waals surface area contributed by atoms with Crippen LogP contribution in [0.5, 0.6) is 0 Å². The molecule has 0 bridgehead atoms. The normalized spacial score (nSPS) is 10.7. The number of carbonyl (C=O) groups excluding carboxylic acids is 1. The van der Waals surface area contributed by atoms with Crippen LogP contribution in [0.2, 0.25) is 0 Å². The van der Waals surface area contributed by atoms with Crippen LogP contribution in [0.3, 0.4) is 0 Å². The third kappa shape index (κ3) is 2.98. The number of anilines is 2. The van der Waals surface area contributed by atoms with Crippen molar-refractivity contribution in [3.63, 3.8) is 0 Å². The first kappa shape index (κ1) is 11.9. The number of nitrogens with two attached hydrogens (primary N) is 1. The molecule has 2 aromatic rings. The summed E-state index contributed by atoms with van der Waals surface area (Å²) < 4.78 is 1.59. The SMILES string of the molecule is Cn1nccc1NC(=O)/C=C/c1ccc(N)cc1. The van der Waals surface area contributed by atoms with Gasteiger partial charge in [-0.1, -0.05) is 12.1 Å². The number of aryl methyl sites for hydroxylation is 1. The average Bonchev–Trinajstić information content (AvgIpc) is 2.74. The molecule has 5 nitrogen and oxygen atoms in total. The summed E-state index contributed by atoms with van der Waals surface area (Å²) in [5.41, 5.74) is 7.20. The molecule has 0 atom stereocenters. The fourth-order valence-electron chi connectivity index (χ4n) is 1.44. The van der Waals surface area contributed by atoms with Crippen LogP contribution >= 0.6 is 0 Å². The zero-order valence-corrected chi connectivity index (χ0v) is 10.00. The minimum Gasteiger partial charge on any atom is -0.399 e. The summed E-state index contributed by atoms with van der Waals surface area (Å²) in [5.74, 6) is 0.456. The zero-order valence-electron chi connectivity index (χ0n) is 10.00. The minimum absolute atomic E-state index is 0.199. The lowest BCUT2D eigenvalue weighted by Crippen LogP contribution is -2.11. The number of amides is 1. The summed E-state index contributed by atoms with van der Waals surface area (Å²) in [6.45, 7) is 0. The molecule has 1 aromatic heterocycles. The summed E-state index contributed by atoms with van der Waals surface area (Å²) in [4.78, 5) is 11.6. The molecule has 1 heterocycles. The van der Waals surface area contributed by atoms with E-state index in [1.807, 2.05) is 12.1 Å². The van der Waals surface area contributed by atoms with Gasteiger partial charge in [0, 0.05) is 24.9 Å². The third-order valence-corrected chi connectivity index (χ3v) is 2.44. The van der Waals surface area contributed by atoms with Gasteiger partial charge in [-0.2, -0.15) is 5.10 Å². The van der Waals surface area contributed by atoms with Crippen molar-refractivity contribution in [1.29, 1.82) is 0 Å². The first-order valence-electron chi connectivity index (χ1n) is 5.48. The highest BCUT2D eigenvalue weighted by atomic mass is 16.1. The van der Waals surface area contributed by atoms with Crippen LogP contribution in [0.25, 0.3) is 6.08 Å². The molecule has 0 unspecified atom stereocenters. The minimum atomic E-state index is -0.199. The molecular weight excluding hydrogens is 228 g/mol. The summed E-state index contributed by atoms with van der Waals surface area (Å²) in [5, 5.41) is 6.68. The van der Waals surface area contributed by atoms with Crippen molar-refractivity contribution < 1.29 is 4.79 Å². The topological polar surface area (TPSA) is 72.9 Å². The van der Waals surface area contributed by atoms with E-state index >= 15 is 0 Å². The number of nitrogens with zero attached hydrogens (tertiary/aromatic N) is 2. The van der Waals surface area contributed by atoms with E-state index in [0.717, 1.165) is 5.56 Å². The van der Waals surface area contributed by atoms with Gasteiger partial charge in [-0.25, -0.2) is 0 Å². The van der Waals surface area contributed by atoms with E-state index < -0.39 is 0 Å². The molecule has 0 aliphatic carbocycles. The van der Waals surface area contributed by atoms with E-state index in [1.165, 1.54) is 6.08 Å². The van der Waals surface area contributed by atoms with Gasteiger partial charge in [-0.15, -0.1) is 0 Å². The monoisotopic (exact) mass is 242 g/mol. The van der Waals surface area contributed by atoms with E-state index in [4.69, 9.17) is 5.73 Å². The first-order chi connectivity index (χ1) is 8.65. The maximum absolute atomic E-state index is 11.6. The van der Waals surface area contributed by atoms with Crippen LogP contribution in [-0.4, -0.2) is 15.7 Å². The van der Waals surface area contributed by atoms with Gasteiger partial charge in [-0.05, 0) is 23.8 Å². The van der Waals surface area contributed by atoms with Crippen LogP contribution in [-0.2, 0) is 11.8 Å². The highest BCUT2D eigenvalue weighted by Gasteiger charge is 2.00. The molecule has 1 aromatic carbocycles. The number of hydrogen-bond acceptors (Lipinski definition) is 3. The predicted molar refractivity (Wildman–Crippen MR) is 71.7 cm³/mol. The van der Waals surface area contributed by atoms with Crippen LogP contribution in [0, 0.1) is 0 Å². The molecule has 92 valence electrons. The van der Waals surface area contributed by atoms with Crippen molar-refractivity contribution in [2.24, 2.45) is 7.05 Å². The number of aromatic nitrogens is 2. The fourth-order valence-corrected chi connectivity index (χ4v) is 1.44. The maximum Gasteiger partial charge on any atom is 0.249 e. The number of benzene rings is 1. The van der Waals surface area contributed by atoms with Crippen molar-refractivity contribution in [2.75, 3.05) is 11.1 Å². The van der Waals surface area contributed by atoms with Crippen LogP contribution < -0.4 is 11.1 Å². The summed E-state index contributed by atoms with van der Waals surface area (Å²) in [6.07, 6.45) is 4.82. The lowest BCUT2D eigenvalue weighted by molar-refractivity contribution is -0.111. The maximum atomic E-state index is 11.6. The average molecular weight is 242 g/mol. The Balaban J connectivity index is 1.99. The number of nitrogens with one attached hydrogen (secondary N) is 1. The second kappa shape index (κ2) is 5.18. The Morgan fingerprint density at radius 2 is 2.06 bits per heavy atom. The molecule has 0 saturated heterocycles. The summed E-state index contributed by atoms with van der Waals surface area (Å²) >= 11 is 0. The van der Waals surface area contributed by atoms with E-state index in [9.17, 15) is 4.79 Å². The highest BCUT2D eigenvalue weighted by molar-refractivity contribution is 6.01. The molecule has 0 fully saturated rings. The van der Waals surface area contributed by atoms with E-state index in [1.54, 1.807) is 42.2 Å². The molecule has 0 aliphatic rings. The Hall–Kier alpha value is -2.56. The molecule has 0 spiro atoms. The highest BCUT2D eigenvalue weighted by Crippen LogP contribution is 2.08. The largest absolute Gasteiger partial charge is 0.399 e. The Labute approximate surface area is 105 Å². The lowest BCUT2D eigenvalue weighted by atomic mass is 10.2. The number of carbonyl (C=O) groups is 1. The van der Waals surface area contributed by atoms with Gasteiger partial charge >= 0.3 is 0 Å². The van der Waals surface area contributed by atoms with Crippen molar-refractivity contribution in [1.82, 2.24) is 9.78 Å². The van der Waals surface area contributed by atoms with Gasteiger partial charge in [-0.3, -0.25) is 9.48 Å². The van der Waals surface area contributed by atoms with Crippen molar-refractivity contribution in [2.45, 2.75) is 0 Å². The number of nitrogen functional groups attached to an aromatic ring is 1. The van der Waals surface area contributed by atoms with E-state index in [2.05, 4.69) is 10.4 Å². The number of rotatable bonds is 3. The molecule has 0 aliphatic heterocycles. The van der Waals surface area contributed by atoms with Crippen LogP contribution in [0.1, 0.15) is 5.56 Å². The second-order valence-corrected chi connectivity index (χ2v) is 3.83. The smallest absolute Gasteiger partial charge is 0.249 e. The van der Waals surface area contributed by atoms with Crippen molar-refractivity contribution in [3.8, 4) is 0 Å². The molecule has 0 radical (unpaired) electrons. The molecule has 1 amide bonds. The van der Waals surface area contributed by atoms with Crippen LogP contribution in [0.4, 0.5) is 11.5 Å². The Morgan fingerprint density at radius 3 is 2.67 bits per heavy atom. The molecule has 3 N–H and O–H groups in total. The summed E-state index contributed by atoms with van der Waals surface area (Å²) in [7, 11) is 1.76. The van der Waals surface area contributed by atoms with E-state index in [0.29, 0.717) is 11.5 Å². The Kier molecular flexibility index (Phi) is 3.43. The van der Waals surface area contributed by atoms with E-state index in [-0.39, 0.29) is 5.91 Å². The summed E-state index contributed by atoms with van der Waals surface area (Å²) in [6, 6.07) is 9.01. The second-order valence-electron chi connectivity index (χ2n) is 3.83. The molecular formula is C13H14N4O. The molecule has 2 rings (SSSR count). The van der Waals surface area contributed by atoms with Crippen molar-refractivity contribution in [3.05, 3.63) is 48.2 Å². The zero-order chi connectivity index (χ0) is 13.0. The Morgan fingerprint density at radius 1 is 1.33 bits per heavy atom. The Bertz CT molecular complexity index is 569. The number of hydrogen-bond donors (Lipinski definition) is 2. The fraction of sp³-hybridized carbons (Fsp3) is 0.0769. The van der Waals surface area contributed by atoms with Gasteiger partial charge in [0.2, 0.25) is 5.91 Å². The predicted octanol–water partition coefficient (Wildman–Crippen LogP) is 1.65. The van der Waals surface area contributed by atoms with Gasteiger partial charge in [0.25, 0.3) is 0 Å². The van der Waals surface area contributed by atoms with Gasteiger partial charge in [0.1, 0.15) is 5.82 Å². The first-order valence-corrected chi connectivity index (χ1v) is 5.48. The van der Waals surface area contributed by atoms with Crippen LogP contribution in [0.15, 0.2) is 42.6 Å². The quantitative estimate of drug-likeness (QED) is 0.635. The van der Waals surface area contributed by atoms with Crippen molar-refractivity contribution >= 4 is 23.5 Å². The molecule has 18 heavy (non-hydrogen) atoms. The third-order valence-electron chi connectivity index (χ3n) is 2.44. The van der Waals surface area contributed by atoms with Gasteiger partial charge in [0.05, 0.1) is 6.20 Å². The molecule has 5 heteroatoms.